The van der Waals surface area contributed by atoms with Crippen LogP contribution in [0.15, 0.2) is 24.3 Å². The van der Waals surface area contributed by atoms with Gasteiger partial charge in [-0.1, -0.05) is 12.1 Å². The number of nitrogens with one attached hydrogen (secondary N) is 1. The van der Waals surface area contributed by atoms with Crippen molar-refractivity contribution < 1.29 is 4.74 Å². The van der Waals surface area contributed by atoms with Crippen molar-refractivity contribution in [2.24, 2.45) is 0 Å². The van der Waals surface area contributed by atoms with E-state index >= 15 is 0 Å². The molecular formula is C14H21NOS. The van der Waals surface area contributed by atoms with Crippen molar-refractivity contribution in [1.82, 2.24) is 5.32 Å². The molecule has 0 saturated heterocycles. The van der Waals surface area contributed by atoms with Gasteiger partial charge in [-0.2, -0.15) is 11.8 Å². The molecule has 1 aliphatic rings. The molecule has 94 valence electrons. The lowest BCUT2D eigenvalue weighted by Gasteiger charge is -2.17. The summed E-state index contributed by atoms with van der Waals surface area (Å²) in [4.78, 5) is 0. The molecule has 0 aliphatic heterocycles. The maximum absolute atomic E-state index is 5.83. The summed E-state index contributed by atoms with van der Waals surface area (Å²) in [5, 5.41) is 3.38. The summed E-state index contributed by atoms with van der Waals surface area (Å²) < 4.78 is 5.83. The highest BCUT2D eigenvalue weighted by atomic mass is 32.2. The average molecular weight is 251 g/mol. The summed E-state index contributed by atoms with van der Waals surface area (Å²) in [5.74, 6) is 2.20. The first-order chi connectivity index (χ1) is 8.33. The van der Waals surface area contributed by atoms with E-state index in [1.54, 1.807) is 0 Å². The zero-order chi connectivity index (χ0) is 12.1. The van der Waals surface area contributed by atoms with E-state index in [1.807, 2.05) is 18.8 Å². The van der Waals surface area contributed by atoms with Gasteiger partial charge in [-0.25, -0.2) is 0 Å². The van der Waals surface area contributed by atoms with Crippen LogP contribution in [0.1, 0.15) is 30.9 Å². The van der Waals surface area contributed by atoms with Gasteiger partial charge in [0.25, 0.3) is 0 Å². The molecule has 1 aliphatic carbocycles. The van der Waals surface area contributed by atoms with Crippen LogP contribution in [0.5, 0.6) is 5.75 Å². The normalized spacial score (nSPS) is 16.8. The van der Waals surface area contributed by atoms with Crippen LogP contribution in [0, 0.1) is 0 Å². The van der Waals surface area contributed by atoms with Crippen LogP contribution in [0.25, 0.3) is 0 Å². The Balaban J connectivity index is 2.01. The Labute approximate surface area is 108 Å². The SMILES string of the molecule is CNC(CCSC)c1cccc(OC2CC2)c1. The zero-order valence-corrected chi connectivity index (χ0v) is 11.4. The molecule has 2 rings (SSSR count). The van der Waals surface area contributed by atoms with Crippen LogP contribution >= 0.6 is 11.8 Å². The number of ether oxygens (including phenoxy) is 1. The fraction of sp³-hybridized carbons (Fsp3) is 0.571. The molecular weight excluding hydrogens is 230 g/mol. The summed E-state index contributed by atoms with van der Waals surface area (Å²) in [6, 6.07) is 8.95. The predicted octanol–water partition coefficient (Wildman–Crippen LogP) is 3.24. The highest BCUT2D eigenvalue weighted by molar-refractivity contribution is 7.98. The lowest BCUT2D eigenvalue weighted by atomic mass is 10.0. The summed E-state index contributed by atoms with van der Waals surface area (Å²) in [7, 11) is 2.03. The van der Waals surface area contributed by atoms with Gasteiger partial charge in [0.05, 0.1) is 6.10 Å². The fourth-order valence-electron chi connectivity index (χ4n) is 1.90. The van der Waals surface area contributed by atoms with E-state index < -0.39 is 0 Å². The molecule has 0 heterocycles. The molecule has 0 aromatic heterocycles. The summed E-state index contributed by atoms with van der Waals surface area (Å²) in [5.41, 5.74) is 1.33. The quantitative estimate of drug-likeness (QED) is 0.804. The van der Waals surface area contributed by atoms with Crippen LogP contribution in [0.4, 0.5) is 0 Å². The molecule has 0 spiro atoms. The van der Waals surface area contributed by atoms with Crippen LogP contribution in [0.3, 0.4) is 0 Å². The van der Waals surface area contributed by atoms with Crippen molar-refractivity contribution in [2.75, 3.05) is 19.1 Å². The number of hydrogen-bond donors (Lipinski definition) is 1. The maximum atomic E-state index is 5.83. The first kappa shape index (κ1) is 12.8. The molecule has 1 atom stereocenters. The fourth-order valence-corrected chi connectivity index (χ4v) is 2.37. The van der Waals surface area contributed by atoms with Crippen molar-refractivity contribution in [1.29, 1.82) is 0 Å². The molecule has 0 bridgehead atoms. The van der Waals surface area contributed by atoms with E-state index in [-0.39, 0.29) is 0 Å². The van der Waals surface area contributed by atoms with Gasteiger partial charge in [0.2, 0.25) is 0 Å². The van der Waals surface area contributed by atoms with Gasteiger partial charge >= 0.3 is 0 Å². The Kier molecular flexibility index (Phi) is 4.75. The third-order valence-corrected chi connectivity index (χ3v) is 3.69. The van der Waals surface area contributed by atoms with Crippen LogP contribution < -0.4 is 10.1 Å². The highest BCUT2D eigenvalue weighted by Crippen LogP contribution is 2.29. The second-order valence-corrected chi connectivity index (χ2v) is 5.50. The topological polar surface area (TPSA) is 21.3 Å². The Morgan fingerprint density at radius 3 is 2.94 bits per heavy atom. The largest absolute Gasteiger partial charge is 0.490 e. The van der Waals surface area contributed by atoms with E-state index in [1.165, 1.54) is 24.2 Å². The lowest BCUT2D eigenvalue weighted by molar-refractivity contribution is 0.302. The molecule has 1 aromatic rings. The van der Waals surface area contributed by atoms with Gasteiger partial charge in [-0.05, 0) is 56.0 Å². The number of hydrogen-bond acceptors (Lipinski definition) is 3. The summed E-state index contributed by atoms with van der Waals surface area (Å²) in [6.45, 7) is 0. The Bertz CT molecular complexity index is 352. The highest BCUT2D eigenvalue weighted by Gasteiger charge is 2.23. The number of rotatable bonds is 7. The van der Waals surface area contributed by atoms with Crippen LogP contribution in [0.2, 0.25) is 0 Å². The minimum atomic E-state index is 0.435. The van der Waals surface area contributed by atoms with Crippen LogP contribution in [-0.4, -0.2) is 25.2 Å². The molecule has 0 amide bonds. The van der Waals surface area contributed by atoms with Crippen molar-refractivity contribution in [3.63, 3.8) is 0 Å². The maximum Gasteiger partial charge on any atom is 0.120 e. The van der Waals surface area contributed by atoms with Gasteiger partial charge in [0.15, 0.2) is 0 Å². The van der Waals surface area contributed by atoms with Crippen LogP contribution in [-0.2, 0) is 0 Å². The molecule has 1 saturated carbocycles. The minimum Gasteiger partial charge on any atom is -0.490 e. The van der Waals surface area contributed by atoms with Gasteiger partial charge in [0, 0.05) is 6.04 Å². The average Bonchev–Trinajstić information content (AvgIpc) is 3.15. The lowest BCUT2D eigenvalue weighted by Crippen LogP contribution is -2.17. The molecule has 3 heteroatoms. The van der Waals surface area contributed by atoms with Crippen molar-refractivity contribution in [3.8, 4) is 5.75 Å². The second-order valence-electron chi connectivity index (χ2n) is 4.51. The van der Waals surface area contributed by atoms with Crippen molar-refractivity contribution >= 4 is 11.8 Å². The molecule has 17 heavy (non-hydrogen) atoms. The standard InChI is InChI=1S/C14H21NOS/c1-15-14(8-9-17-2)11-4-3-5-13(10-11)16-12-6-7-12/h3-5,10,12,14-15H,6-9H2,1-2H3. The van der Waals surface area contributed by atoms with E-state index in [0.29, 0.717) is 12.1 Å². The first-order valence-electron chi connectivity index (χ1n) is 6.26. The summed E-state index contributed by atoms with van der Waals surface area (Å²) >= 11 is 1.89. The molecule has 1 unspecified atom stereocenters. The van der Waals surface area contributed by atoms with Gasteiger partial charge in [-0.15, -0.1) is 0 Å². The van der Waals surface area contributed by atoms with Crippen molar-refractivity contribution in [3.05, 3.63) is 29.8 Å². The van der Waals surface area contributed by atoms with Gasteiger partial charge in [0.1, 0.15) is 5.75 Å². The third-order valence-electron chi connectivity index (χ3n) is 3.05. The van der Waals surface area contributed by atoms with E-state index in [9.17, 15) is 0 Å². The molecule has 0 radical (unpaired) electrons. The van der Waals surface area contributed by atoms with E-state index in [0.717, 1.165) is 12.2 Å². The third kappa shape index (κ3) is 3.93. The Morgan fingerprint density at radius 1 is 1.47 bits per heavy atom. The Hall–Kier alpha value is -0.670. The van der Waals surface area contributed by atoms with Gasteiger partial charge < -0.3 is 10.1 Å². The number of benzene rings is 1. The minimum absolute atomic E-state index is 0.435. The van der Waals surface area contributed by atoms with Gasteiger partial charge in [-0.3, -0.25) is 0 Å². The van der Waals surface area contributed by atoms with E-state index in [4.69, 9.17) is 4.74 Å². The Morgan fingerprint density at radius 2 is 2.29 bits per heavy atom. The predicted molar refractivity (Wildman–Crippen MR) is 74.9 cm³/mol. The molecule has 1 aromatic carbocycles. The monoisotopic (exact) mass is 251 g/mol. The number of thioether (sulfide) groups is 1. The summed E-state index contributed by atoms with van der Waals surface area (Å²) in [6.07, 6.45) is 6.21. The second kappa shape index (κ2) is 6.31. The first-order valence-corrected chi connectivity index (χ1v) is 7.65. The molecule has 1 N–H and O–H groups in total. The van der Waals surface area contributed by atoms with E-state index in [2.05, 4.69) is 35.8 Å². The van der Waals surface area contributed by atoms with Crippen molar-refractivity contribution in [2.45, 2.75) is 31.4 Å². The zero-order valence-electron chi connectivity index (χ0n) is 10.6. The molecule has 2 nitrogen and oxygen atoms in total. The smallest absolute Gasteiger partial charge is 0.120 e. The molecule has 1 fully saturated rings.